The Morgan fingerprint density at radius 3 is 2.00 bits per heavy atom. The summed E-state index contributed by atoms with van der Waals surface area (Å²) >= 11 is 0. The molecule has 2 heteroatoms. The zero-order valence-electron chi connectivity index (χ0n) is 7.58. The van der Waals surface area contributed by atoms with Crippen molar-refractivity contribution in [3.8, 4) is 11.5 Å². The Labute approximate surface area is 77.8 Å². The van der Waals surface area contributed by atoms with Crippen LogP contribution < -0.4 is 4.74 Å². The summed E-state index contributed by atoms with van der Waals surface area (Å²) in [6.07, 6.45) is 3.15. The fourth-order valence-corrected chi connectivity index (χ4v) is 1.08. The van der Waals surface area contributed by atoms with E-state index >= 15 is 0 Å². The van der Waals surface area contributed by atoms with Crippen LogP contribution in [0.2, 0.25) is 0 Å². The number of methoxy groups -OCH3 is 1. The molecule has 0 spiro atoms. The van der Waals surface area contributed by atoms with E-state index in [1.54, 1.807) is 31.4 Å². The van der Waals surface area contributed by atoms with Gasteiger partial charge in [-0.1, -0.05) is 25.3 Å². The monoisotopic (exact) mass is 176 g/mol. The van der Waals surface area contributed by atoms with E-state index in [-0.39, 0.29) is 5.75 Å². The molecule has 0 bridgehead atoms. The lowest BCUT2D eigenvalue weighted by molar-refractivity contribution is 0.411. The van der Waals surface area contributed by atoms with Gasteiger partial charge in [0.2, 0.25) is 0 Å². The van der Waals surface area contributed by atoms with Crippen molar-refractivity contribution in [3.63, 3.8) is 0 Å². The topological polar surface area (TPSA) is 29.5 Å². The standard InChI is InChI=1S/C11H12O2/c1-4-8-6-10(13-3)7-9(5-2)11(8)12/h4-7,12H,1-2H2,3H3. The van der Waals surface area contributed by atoms with Crippen LogP contribution in [0.15, 0.2) is 25.3 Å². The van der Waals surface area contributed by atoms with Gasteiger partial charge in [0, 0.05) is 11.1 Å². The van der Waals surface area contributed by atoms with Crippen molar-refractivity contribution in [3.05, 3.63) is 36.4 Å². The predicted octanol–water partition coefficient (Wildman–Crippen LogP) is 2.69. The quantitative estimate of drug-likeness (QED) is 0.767. The number of rotatable bonds is 3. The molecule has 1 aromatic carbocycles. The Bertz CT molecular complexity index is 311. The maximum absolute atomic E-state index is 9.61. The molecule has 0 saturated carbocycles. The summed E-state index contributed by atoms with van der Waals surface area (Å²) in [5, 5.41) is 9.61. The van der Waals surface area contributed by atoms with E-state index in [4.69, 9.17) is 4.74 Å². The Morgan fingerprint density at radius 2 is 1.69 bits per heavy atom. The lowest BCUT2D eigenvalue weighted by Crippen LogP contribution is -1.86. The molecule has 0 saturated heterocycles. The average molecular weight is 176 g/mol. The van der Waals surface area contributed by atoms with E-state index in [1.165, 1.54) is 0 Å². The fraction of sp³-hybridized carbons (Fsp3) is 0.0909. The van der Waals surface area contributed by atoms with Crippen LogP contribution in [-0.2, 0) is 0 Å². The molecule has 0 aliphatic heterocycles. The van der Waals surface area contributed by atoms with Gasteiger partial charge in [-0.3, -0.25) is 0 Å². The predicted molar refractivity (Wildman–Crippen MR) is 54.8 cm³/mol. The van der Waals surface area contributed by atoms with Crippen molar-refractivity contribution in [1.82, 2.24) is 0 Å². The van der Waals surface area contributed by atoms with E-state index in [2.05, 4.69) is 13.2 Å². The van der Waals surface area contributed by atoms with Gasteiger partial charge in [-0.05, 0) is 12.1 Å². The molecule has 0 aliphatic carbocycles. The largest absolute Gasteiger partial charge is 0.507 e. The normalized spacial score (nSPS) is 9.31. The van der Waals surface area contributed by atoms with Gasteiger partial charge < -0.3 is 9.84 Å². The molecule has 13 heavy (non-hydrogen) atoms. The zero-order valence-corrected chi connectivity index (χ0v) is 7.58. The molecular formula is C11H12O2. The van der Waals surface area contributed by atoms with Crippen molar-refractivity contribution in [1.29, 1.82) is 0 Å². The SMILES string of the molecule is C=Cc1cc(OC)cc(C=C)c1O. The van der Waals surface area contributed by atoms with Crippen molar-refractivity contribution < 1.29 is 9.84 Å². The lowest BCUT2D eigenvalue weighted by atomic mass is 10.1. The molecule has 0 atom stereocenters. The Kier molecular flexibility index (Phi) is 2.75. The summed E-state index contributed by atoms with van der Waals surface area (Å²) < 4.78 is 5.05. The summed E-state index contributed by atoms with van der Waals surface area (Å²) in [5.74, 6) is 0.869. The minimum absolute atomic E-state index is 0.186. The van der Waals surface area contributed by atoms with Gasteiger partial charge in [-0.15, -0.1) is 0 Å². The van der Waals surface area contributed by atoms with Crippen LogP contribution in [0.1, 0.15) is 11.1 Å². The molecule has 0 aromatic heterocycles. The van der Waals surface area contributed by atoms with Crippen molar-refractivity contribution in [2.24, 2.45) is 0 Å². The van der Waals surface area contributed by atoms with E-state index in [9.17, 15) is 5.11 Å². The van der Waals surface area contributed by atoms with Crippen molar-refractivity contribution in [2.45, 2.75) is 0 Å². The van der Waals surface area contributed by atoms with Gasteiger partial charge in [0.1, 0.15) is 11.5 Å². The van der Waals surface area contributed by atoms with Crippen molar-refractivity contribution in [2.75, 3.05) is 7.11 Å². The third kappa shape index (κ3) is 1.72. The summed E-state index contributed by atoms with van der Waals surface area (Å²) in [5.41, 5.74) is 1.29. The fourth-order valence-electron chi connectivity index (χ4n) is 1.08. The highest BCUT2D eigenvalue weighted by Gasteiger charge is 2.04. The second-order valence-corrected chi connectivity index (χ2v) is 2.56. The van der Waals surface area contributed by atoms with Gasteiger partial charge >= 0.3 is 0 Å². The van der Waals surface area contributed by atoms with Crippen LogP contribution in [-0.4, -0.2) is 12.2 Å². The first-order valence-electron chi connectivity index (χ1n) is 3.88. The highest BCUT2D eigenvalue weighted by atomic mass is 16.5. The number of ether oxygens (including phenoxy) is 1. The third-order valence-corrected chi connectivity index (χ3v) is 1.82. The second-order valence-electron chi connectivity index (χ2n) is 2.56. The first-order valence-corrected chi connectivity index (χ1v) is 3.88. The highest BCUT2D eigenvalue weighted by Crippen LogP contribution is 2.29. The maximum atomic E-state index is 9.61. The molecular weight excluding hydrogens is 164 g/mol. The van der Waals surface area contributed by atoms with Crippen LogP contribution >= 0.6 is 0 Å². The lowest BCUT2D eigenvalue weighted by Gasteiger charge is -2.06. The molecule has 2 nitrogen and oxygen atoms in total. The number of benzene rings is 1. The summed E-state index contributed by atoms with van der Waals surface area (Å²) in [6.45, 7) is 7.19. The number of hydrogen-bond donors (Lipinski definition) is 1. The maximum Gasteiger partial charge on any atom is 0.130 e. The van der Waals surface area contributed by atoms with Gasteiger partial charge in [0.15, 0.2) is 0 Å². The first-order chi connectivity index (χ1) is 6.22. The van der Waals surface area contributed by atoms with Crippen LogP contribution in [0.5, 0.6) is 11.5 Å². The van der Waals surface area contributed by atoms with E-state index in [1.807, 2.05) is 0 Å². The van der Waals surface area contributed by atoms with Crippen LogP contribution in [0.4, 0.5) is 0 Å². The first kappa shape index (κ1) is 9.39. The Morgan fingerprint density at radius 1 is 1.23 bits per heavy atom. The van der Waals surface area contributed by atoms with Crippen LogP contribution in [0, 0.1) is 0 Å². The molecule has 0 amide bonds. The summed E-state index contributed by atoms with van der Waals surface area (Å²) in [4.78, 5) is 0. The molecule has 1 aromatic rings. The van der Waals surface area contributed by atoms with Gasteiger partial charge in [0.25, 0.3) is 0 Å². The molecule has 0 fully saturated rings. The zero-order chi connectivity index (χ0) is 9.84. The van der Waals surface area contributed by atoms with Crippen LogP contribution in [0.3, 0.4) is 0 Å². The third-order valence-electron chi connectivity index (χ3n) is 1.82. The van der Waals surface area contributed by atoms with E-state index < -0.39 is 0 Å². The molecule has 0 radical (unpaired) electrons. The summed E-state index contributed by atoms with van der Waals surface area (Å²) in [7, 11) is 1.58. The average Bonchev–Trinajstić information content (AvgIpc) is 2.18. The Hall–Kier alpha value is -1.70. The van der Waals surface area contributed by atoms with E-state index in [0.717, 1.165) is 0 Å². The van der Waals surface area contributed by atoms with Crippen LogP contribution in [0.25, 0.3) is 12.2 Å². The van der Waals surface area contributed by atoms with Gasteiger partial charge in [-0.2, -0.15) is 0 Å². The smallest absolute Gasteiger partial charge is 0.130 e. The molecule has 0 aliphatic rings. The number of aromatic hydroxyl groups is 1. The molecule has 1 N–H and O–H groups in total. The Balaban J connectivity index is 3.36. The highest BCUT2D eigenvalue weighted by molar-refractivity contribution is 5.68. The second kappa shape index (κ2) is 3.81. The molecule has 0 heterocycles. The van der Waals surface area contributed by atoms with Gasteiger partial charge in [-0.25, -0.2) is 0 Å². The summed E-state index contributed by atoms with van der Waals surface area (Å²) in [6, 6.07) is 3.44. The molecule has 68 valence electrons. The van der Waals surface area contributed by atoms with Crippen molar-refractivity contribution >= 4 is 12.2 Å². The number of phenolic OH excluding ortho intramolecular Hbond substituents is 1. The molecule has 0 unspecified atom stereocenters. The minimum atomic E-state index is 0.186. The molecule has 1 rings (SSSR count). The number of phenols is 1. The van der Waals surface area contributed by atoms with Gasteiger partial charge in [0.05, 0.1) is 7.11 Å². The van der Waals surface area contributed by atoms with E-state index in [0.29, 0.717) is 16.9 Å². The minimum Gasteiger partial charge on any atom is -0.507 e. The number of hydrogen-bond acceptors (Lipinski definition) is 2.